The summed E-state index contributed by atoms with van der Waals surface area (Å²) >= 11 is 0. The maximum atomic E-state index is 9.78. The van der Waals surface area contributed by atoms with Gasteiger partial charge in [-0.1, -0.05) is 32.4 Å². The summed E-state index contributed by atoms with van der Waals surface area (Å²) in [5.74, 6) is 1.22. The van der Waals surface area contributed by atoms with Crippen LogP contribution in [0.2, 0.25) is 0 Å². The lowest BCUT2D eigenvalue weighted by Crippen LogP contribution is -2.20. The number of anilines is 3. The van der Waals surface area contributed by atoms with E-state index >= 15 is 0 Å². The fourth-order valence-electron chi connectivity index (χ4n) is 3.03. The molecule has 6 heteroatoms. The monoisotopic (exact) mass is 348 g/mol. The quantitative estimate of drug-likeness (QED) is 0.666. The number of benzene rings is 1. The number of nitriles is 1. The molecule has 0 saturated heterocycles. The predicted octanol–water partition coefficient (Wildman–Crippen LogP) is 4.51. The van der Waals surface area contributed by atoms with Gasteiger partial charge in [0.1, 0.15) is 17.5 Å². The first-order valence-corrected chi connectivity index (χ1v) is 9.04. The Kier molecular flexibility index (Phi) is 5.37. The van der Waals surface area contributed by atoms with Gasteiger partial charge in [0.2, 0.25) is 5.95 Å². The number of para-hydroxylation sites is 2. The summed E-state index contributed by atoms with van der Waals surface area (Å²) in [4.78, 5) is 9.03. The number of allylic oxidation sites excluding steroid dienone is 1. The summed E-state index contributed by atoms with van der Waals surface area (Å²) in [6.45, 7) is 6.23. The third-order valence-electron chi connectivity index (χ3n) is 4.48. The van der Waals surface area contributed by atoms with E-state index in [9.17, 15) is 5.26 Å². The largest absolute Gasteiger partial charge is 0.351 e. The van der Waals surface area contributed by atoms with E-state index in [0.29, 0.717) is 29.1 Å². The normalized spacial score (nSPS) is 13.2. The van der Waals surface area contributed by atoms with Crippen LogP contribution in [0.15, 0.2) is 36.3 Å². The van der Waals surface area contributed by atoms with Gasteiger partial charge < -0.3 is 16.0 Å². The summed E-state index contributed by atoms with van der Waals surface area (Å²) in [7, 11) is 0. The Hall–Kier alpha value is -3.07. The Labute approximate surface area is 154 Å². The summed E-state index contributed by atoms with van der Waals surface area (Å²) in [6.07, 6.45) is 4.94. The standard InChI is InChI=1S/C20H24N6/c1-4-8-14(5-2)23-20-22-12-13(3)18(26-20)15(11-21)19-24-16-9-6-7-10-17(16)25-19/h6-7,9-10,12,14,24-25H,4-5,8H2,1-3H3,(H,22,23,26). The number of hydrogen-bond acceptors (Lipinski definition) is 6. The van der Waals surface area contributed by atoms with E-state index in [0.717, 1.165) is 36.2 Å². The smallest absolute Gasteiger partial charge is 0.223 e. The van der Waals surface area contributed by atoms with Crippen LogP contribution in [0.1, 0.15) is 44.4 Å². The zero-order valence-electron chi connectivity index (χ0n) is 15.4. The van der Waals surface area contributed by atoms with Crippen LogP contribution in [-0.4, -0.2) is 16.0 Å². The average molecular weight is 348 g/mol. The van der Waals surface area contributed by atoms with Crippen LogP contribution in [0.3, 0.4) is 0 Å². The van der Waals surface area contributed by atoms with Crippen molar-refractivity contribution in [2.24, 2.45) is 0 Å². The van der Waals surface area contributed by atoms with Gasteiger partial charge in [-0.3, -0.25) is 0 Å². The fraction of sp³-hybridized carbons (Fsp3) is 0.350. The molecule has 1 aromatic carbocycles. The van der Waals surface area contributed by atoms with E-state index in [4.69, 9.17) is 0 Å². The lowest BCUT2D eigenvalue weighted by Gasteiger charge is -2.17. The van der Waals surface area contributed by atoms with Crippen molar-refractivity contribution < 1.29 is 0 Å². The topological polar surface area (TPSA) is 85.7 Å². The Morgan fingerprint density at radius 3 is 2.50 bits per heavy atom. The Morgan fingerprint density at radius 1 is 1.23 bits per heavy atom. The van der Waals surface area contributed by atoms with Crippen molar-refractivity contribution in [3.05, 3.63) is 47.5 Å². The van der Waals surface area contributed by atoms with E-state index < -0.39 is 0 Å². The van der Waals surface area contributed by atoms with Gasteiger partial charge in [0.25, 0.3) is 0 Å². The molecule has 1 aliphatic heterocycles. The van der Waals surface area contributed by atoms with E-state index in [-0.39, 0.29) is 0 Å². The van der Waals surface area contributed by atoms with Gasteiger partial charge in [0.15, 0.2) is 0 Å². The highest BCUT2D eigenvalue weighted by molar-refractivity contribution is 5.90. The molecule has 0 saturated carbocycles. The molecule has 1 aliphatic rings. The van der Waals surface area contributed by atoms with Gasteiger partial charge >= 0.3 is 0 Å². The molecule has 1 unspecified atom stereocenters. The third kappa shape index (κ3) is 3.62. The molecule has 1 atom stereocenters. The van der Waals surface area contributed by atoms with Crippen molar-refractivity contribution in [1.82, 2.24) is 9.97 Å². The number of nitrogens with one attached hydrogen (secondary N) is 3. The summed E-state index contributed by atoms with van der Waals surface area (Å²) in [5.41, 5.74) is 3.89. The molecule has 6 nitrogen and oxygen atoms in total. The van der Waals surface area contributed by atoms with E-state index in [1.54, 1.807) is 6.20 Å². The van der Waals surface area contributed by atoms with Crippen molar-refractivity contribution in [3.63, 3.8) is 0 Å². The second-order valence-corrected chi connectivity index (χ2v) is 6.42. The fourth-order valence-corrected chi connectivity index (χ4v) is 3.03. The van der Waals surface area contributed by atoms with Crippen LogP contribution >= 0.6 is 0 Å². The summed E-state index contributed by atoms with van der Waals surface area (Å²) in [6, 6.07) is 10.5. The number of nitrogens with zero attached hydrogens (tertiary/aromatic N) is 3. The first-order chi connectivity index (χ1) is 12.7. The van der Waals surface area contributed by atoms with Crippen LogP contribution in [-0.2, 0) is 0 Å². The summed E-state index contributed by atoms with van der Waals surface area (Å²) in [5, 5.41) is 19.7. The van der Waals surface area contributed by atoms with Gasteiger partial charge in [-0.2, -0.15) is 5.26 Å². The van der Waals surface area contributed by atoms with Crippen LogP contribution in [0.4, 0.5) is 17.3 Å². The van der Waals surface area contributed by atoms with Crippen LogP contribution in [0, 0.1) is 18.3 Å². The first kappa shape index (κ1) is 17.7. The van der Waals surface area contributed by atoms with E-state index in [2.05, 4.69) is 45.8 Å². The lowest BCUT2D eigenvalue weighted by molar-refractivity contribution is 0.617. The maximum Gasteiger partial charge on any atom is 0.223 e. The Bertz CT molecular complexity index is 838. The second kappa shape index (κ2) is 7.87. The van der Waals surface area contributed by atoms with Crippen LogP contribution in [0.5, 0.6) is 0 Å². The highest BCUT2D eigenvalue weighted by Crippen LogP contribution is 2.33. The molecular weight excluding hydrogens is 324 g/mol. The molecule has 0 aliphatic carbocycles. The predicted molar refractivity (Wildman–Crippen MR) is 106 cm³/mol. The zero-order chi connectivity index (χ0) is 18.5. The first-order valence-electron chi connectivity index (χ1n) is 9.04. The molecule has 0 radical (unpaired) electrons. The van der Waals surface area contributed by atoms with Crippen LogP contribution < -0.4 is 16.0 Å². The van der Waals surface area contributed by atoms with Crippen molar-refractivity contribution >= 4 is 22.9 Å². The molecule has 3 N–H and O–H groups in total. The molecule has 0 bridgehead atoms. The molecule has 3 rings (SSSR count). The highest BCUT2D eigenvalue weighted by Gasteiger charge is 2.21. The SMILES string of the molecule is CCCC(CC)Nc1ncc(C)c(C(C#N)=C2Nc3ccccc3N2)n1. The van der Waals surface area contributed by atoms with Gasteiger partial charge in [-0.25, -0.2) is 9.97 Å². The molecule has 1 aromatic heterocycles. The summed E-state index contributed by atoms with van der Waals surface area (Å²) < 4.78 is 0. The van der Waals surface area contributed by atoms with Crippen LogP contribution in [0.25, 0.3) is 5.57 Å². The molecule has 0 spiro atoms. The number of hydrogen-bond donors (Lipinski definition) is 3. The van der Waals surface area contributed by atoms with Crippen molar-refractivity contribution in [3.8, 4) is 6.07 Å². The second-order valence-electron chi connectivity index (χ2n) is 6.42. The van der Waals surface area contributed by atoms with Crippen molar-refractivity contribution in [1.29, 1.82) is 5.26 Å². The molecule has 134 valence electrons. The maximum absolute atomic E-state index is 9.78. The molecular formula is C20H24N6. The number of aromatic nitrogens is 2. The zero-order valence-corrected chi connectivity index (χ0v) is 15.4. The van der Waals surface area contributed by atoms with E-state index in [1.807, 2.05) is 31.2 Å². The van der Waals surface area contributed by atoms with Crippen molar-refractivity contribution in [2.75, 3.05) is 16.0 Å². The van der Waals surface area contributed by atoms with Gasteiger partial charge in [-0.15, -0.1) is 0 Å². The molecule has 0 fully saturated rings. The van der Waals surface area contributed by atoms with Gasteiger partial charge in [0.05, 0.1) is 17.1 Å². The molecule has 0 amide bonds. The van der Waals surface area contributed by atoms with E-state index in [1.165, 1.54) is 0 Å². The minimum atomic E-state index is 0.334. The third-order valence-corrected chi connectivity index (χ3v) is 4.48. The minimum absolute atomic E-state index is 0.334. The minimum Gasteiger partial charge on any atom is -0.351 e. The molecule has 2 aromatic rings. The van der Waals surface area contributed by atoms with Crippen molar-refractivity contribution in [2.45, 2.75) is 46.1 Å². The van der Waals surface area contributed by atoms with Gasteiger partial charge in [0, 0.05) is 12.2 Å². The average Bonchev–Trinajstić information content (AvgIpc) is 3.08. The molecule has 2 heterocycles. The number of aryl methyl sites for hydroxylation is 1. The number of fused-ring (bicyclic) bond motifs is 1. The Morgan fingerprint density at radius 2 is 1.92 bits per heavy atom. The lowest BCUT2D eigenvalue weighted by atomic mass is 10.1. The number of rotatable bonds is 6. The molecule has 26 heavy (non-hydrogen) atoms. The van der Waals surface area contributed by atoms with Gasteiger partial charge in [-0.05, 0) is 37.5 Å². The Balaban J connectivity index is 1.94. The highest BCUT2D eigenvalue weighted by atomic mass is 15.2.